The molecule has 0 bridgehead atoms. The van der Waals surface area contributed by atoms with E-state index in [0.29, 0.717) is 28.9 Å². The smallest absolute Gasteiger partial charge is 0.414 e. The Bertz CT molecular complexity index is 461. The fourth-order valence-electron chi connectivity index (χ4n) is 1.72. The number of anilines is 2. The minimum absolute atomic E-state index is 0.294. The summed E-state index contributed by atoms with van der Waals surface area (Å²) in [6.45, 7) is 10.1. The maximum Gasteiger partial charge on any atom is 0.414 e. The summed E-state index contributed by atoms with van der Waals surface area (Å²) in [6, 6.07) is 5.08. The third-order valence-corrected chi connectivity index (χ3v) is 2.60. The van der Waals surface area contributed by atoms with Crippen LogP contribution in [0.5, 0.6) is 0 Å². The van der Waals surface area contributed by atoms with E-state index in [1.165, 1.54) is 0 Å². The van der Waals surface area contributed by atoms with Crippen molar-refractivity contribution < 1.29 is 9.53 Å². The molecule has 0 aliphatic rings. The van der Waals surface area contributed by atoms with Crippen molar-refractivity contribution in [2.24, 2.45) is 5.92 Å². The Hall–Kier alpha value is -1.42. The SMILES string of the molecule is CC(C)CN(C(=O)OC(C)(C)C)c1cc(N)cc(Cl)c1. The molecule has 0 heterocycles. The first-order chi connectivity index (χ1) is 9.08. The number of hydrogen-bond donors (Lipinski definition) is 1. The molecule has 1 amide bonds. The molecule has 0 aromatic heterocycles. The largest absolute Gasteiger partial charge is 0.443 e. The quantitative estimate of drug-likeness (QED) is 0.846. The number of rotatable bonds is 3. The van der Waals surface area contributed by atoms with Gasteiger partial charge in [-0.05, 0) is 44.9 Å². The summed E-state index contributed by atoms with van der Waals surface area (Å²) in [5.41, 5.74) is 6.42. The van der Waals surface area contributed by atoms with Gasteiger partial charge in [0.05, 0.1) is 5.69 Å². The minimum atomic E-state index is -0.545. The van der Waals surface area contributed by atoms with Gasteiger partial charge in [-0.3, -0.25) is 4.90 Å². The molecule has 0 fully saturated rings. The second-order valence-electron chi connectivity index (χ2n) is 6.23. The van der Waals surface area contributed by atoms with Gasteiger partial charge in [-0.1, -0.05) is 25.4 Å². The molecule has 0 aliphatic carbocycles. The number of nitrogen functional groups attached to an aromatic ring is 1. The first kappa shape index (κ1) is 16.6. The van der Waals surface area contributed by atoms with Crippen LogP contribution in [0.1, 0.15) is 34.6 Å². The zero-order chi connectivity index (χ0) is 15.5. The van der Waals surface area contributed by atoms with Gasteiger partial charge >= 0.3 is 6.09 Å². The lowest BCUT2D eigenvalue weighted by molar-refractivity contribution is 0.0576. The Morgan fingerprint density at radius 3 is 2.40 bits per heavy atom. The fourth-order valence-corrected chi connectivity index (χ4v) is 1.96. The number of nitrogens with zero attached hydrogens (tertiary/aromatic N) is 1. The van der Waals surface area contributed by atoms with E-state index in [0.717, 1.165) is 0 Å². The summed E-state index contributed by atoms with van der Waals surface area (Å²) in [6.07, 6.45) is -0.395. The van der Waals surface area contributed by atoms with Crippen molar-refractivity contribution >= 4 is 29.1 Å². The zero-order valence-corrected chi connectivity index (χ0v) is 13.5. The highest BCUT2D eigenvalue weighted by Gasteiger charge is 2.24. The number of benzene rings is 1. The minimum Gasteiger partial charge on any atom is -0.443 e. The average Bonchev–Trinajstić information content (AvgIpc) is 2.21. The number of amides is 1. The van der Waals surface area contributed by atoms with Crippen LogP contribution in [0.2, 0.25) is 5.02 Å². The van der Waals surface area contributed by atoms with Gasteiger partial charge in [0.1, 0.15) is 5.60 Å². The standard InChI is InChI=1S/C15H23ClN2O2/c1-10(2)9-18(14(19)20-15(3,4)5)13-7-11(16)6-12(17)8-13/h6-8,10H,9,17H2,1-5H3. The number of halogens is 1. The van der Waals surface area contributed by atoms with Crippen LogP contribution in [0.15, 0.2) is 18.2 Å². The molecule has 20 heavy (non-hydrogen) atoms. The summed E-state index contributed by atoms with van der Waals surface area (Å²) in [7, 11) is 0. The molecule has 1 aromatic carbocycles. The predicted molar refractivity (Wildman–Crippen MR) is 84.3 cm³/mol. The zero-order valence-electron chi connectivity index (χ0n) is 12.7. The van der Waals surface area contributed by atoms with E-state index in [1.54, 1.807) is 23.1 Å². The van der Waals surface area contributed by atoms with Crippen molar-refractivity contribution in [3.8, 4) is 0 Å². The summed E-state index contributed by atoms with van der Waals surface area (Å²) in [5.74, 6) is 0.294. The molecule has 4 nitrogen and oxygen atoms in total. The maximum atomic E-state index is 12.3. The molecule has 0 saturated heterocycles. The second kappa shape index (κ2) is 6.35. The fraction of sp³-hybridized carbons (Fsp3) is 0.533. The van der Waals surface area contributed by atoms with Crippen molar-refractivity contribution in [3.63, 3.8) is 0 Å². The Labute approximate surface area is 125 Å². The van der Waals surface area contributed by atoms with Crippen LogP contribution in [-0.2, 0) is 4.74 Å². The maximum absolute atomic E-state index is 12.3. The molecule has 1 aromatic rings. The molecule has 0 radical (unpaired) electrons. The van der Waals surface area contributed by atoms with E-state index in [4.69, 9.17) is 22.1 Å². The van der Waals surface area contributed by atoms with E-state index in [2.05, 4.69) is 0 Å². The summed E-state index contributed by atoms with van der Waals surface area (Å²) >= 11 is 6.01. The molecule has 1 rings (SSSR count). The molecule has 0 aliphatic heterocycles. The lowest BCUT2D eigenvalue weighted by atomic mass is 10.2. The van der Waals surface area contributed by atoms with E-state index < -0.39 is 11.7 Å². The summed E-state index contributed by atoms with van der Waals surface area (Å²) < 4.78 is 5.44. The third-order valence-electron chi connectivity index (χ3n) is 2.38. The van der Waals surface area contributed by atoms with Crippen LogP contribution in [0.25, 0.3) is 0 Å². The van der Waals surface area contributed by atoms with Gasteiger partial charge in [0.2, 0.25) is 0 Å². The summed E-state index contributed by atoms with van der Waals surface area (Å²) in [4.78, 5) is 13.9. The van der Waals surface area contributed by atoms with Crippen molar-refractivity contribution in [3.05, 3.63) is 23.2 Å². The molecule has 112 valence electrons. The van der Waals surface area contributed by atoms with Crippen LogP contribution < -0.4 is 10.6 Å². The average molecular weight is 299 g/mol. The predicted octanol–water partition coefficient (Wildman–Crippen LogP) is 4.32. The topological polar surface area (TPSA) is 55.6 Å². The van der Waals surface area contributed by atoms with Gasteiger partial charge in [0.15, 0.2) is 0 Å². The van der Waals surface area contributed by atoms with Crippen LogP contribution in [-0.4, -0.2) is 18.2 Å². The highest BCUT2D eigenvalue weighted by atomic mass is 35.5. The van der Waals surface area contributed by atoms with Gasteiger partial charge < -0.3 is 10.5 Å². The first-order valence-electron chi connectivity index (χ1n) is 6.65. The Balaban J connectivity index is 3.08. The third kappa shape index (κ3) is 5.29. The van der Waals surface area contributed by atoms with E-state index in [-0.39, 0.29) is 0 Å². The molecule has 0 spiro atoms. The number of nitrogens with two attached hydrogens (primary N) is 1. The molecular formula is C15H23ClN2O2. The molecule has 2 N–H and O–H groups in total. The molecule has 0 unspecified atom stereocenters. The van der Waals surface area contributed by atoms with Crippen molar-refractivity contribution in [1.82, 2.24) is 0 Å². The number of ether oxygens (including phenoxy) is 1. The first-order valence-corrected chi connectivity index (χ1v) is 7.03. The van der Waals surface area contributed by atoms with E-state index >= 15 is 0 Å². The second-order valence-corrected chi connectivity index (χ2v) is 6.66. The number of hydrogen-bond acceptors (Lipinski definition) is 3. The van der Waals surface area contributed by atoms with E-state index in [9.17, 15) is 4.79 Å². The molecule has 5 heteroatoms. The Kier molecular flexibility index (Phi) is 5.28. The number of carbonyl (C=O) groups is 1. The van der Waals surface area contributed by atoms with Crippen molar-refractivity contribution in [2.75, 3.05) is 17.2 Å². The van der Waals surface area contributed by atoms with Gasteiger partial charge in [-0.2, -0.15) is 0 Å². The number of carbonyl (C=O) groups excluding carboxylic acids is 1. The van der Waals surface area contributed by atoms with Gasteiger partial charge in [0, 0.05) is 17.3 Å². The normalized spacial score (nSPS) is 11.6. The van der Waals surface area contributed by atoms with Crippen LogP contribution in [0.4, 0.5) is 16.2 Å². The molecule has 0 saturated carbocycles. The monoisotopic (exact) mass is 298 g/mol. The lowest BCUT2D eigenvalue weighted by Gasteiger charge is -2.29. The Morgan fingerprint density at radius 2 is 1.95 bits per heavy atom. The highest BCUT2D eigenvalue weighted by molar-refractivity contribution is 6.31. The van der Waals surface area contributed by atoms with Gasteiger partial charge in [0.25, 0.3) is 0 Å². The van der Waals surface area contributed by atoms with Crippen LogP contribution >= 0.6 is 11.6 Å². The van der Waals surface area contributed by atoms with Gasteiger partial charge in [-0.25, -0.2) is 4.79 Å². The Morgan fingerprint density at radius 1 is 1.35 bits per heavy atom. The molecule has 0 atom stereocenters. The van der Waals surface area contributed by atoms with Crippen molar-refractivity contribution in [1.29, 1.82) is 0 Å². The molecular weight excluding hydrogens is 276 g/mol. The van der Waals surface area contributed by atoms with Gasteiger partial charge in [-0.15, -0.1) is 0 Å². The summed E-state index contributed by atoms with van der Waals surface area (Å²) in [5, 5.41) is 0.498. The highest BCUT2D eigenvalue weighted by Crippen LogP contribution is 2.26. The van der Waals surface area contributed by atoms with Crippen LogP contribution in [0.3, 0.4) is 0 Å². The van der Waals surface area contributed by atoms with E-state index in [1.807, 2.05) is 34.6 Å². The van der Waals surface area contributed by atoms with Crippen LogP contribution in [0, 0.1) is 5.92 Å². The lowest BCUT2D eigenvalue weighted by Crippen LogP contribution is -2.39. The van der Waals surface area contributed by atoms with Crippen molar-refractivity contribution in [2.45, 2.75) is 40.2 Å².